The standard InChI is InChI=1S/C19H22N2O3/c1-2-21(16-7-4-3-5-8-16)12-6-11-20-19(22)15-9-10-17-18(13-15)24-14-23-17/h3-5,7-10,13H,2,6,11-12,14H2,1H3,(H,20,22). The molecule has 0 unspecified atom stereocenters. The minimum Gasteiger partial charge on any atom is -0.454 e. The van der Waals surface area contributed by atoms with E-state index in [1.807, 2.05) is 18.2 Å². The first-order chi connectivity index (χ1) is 11.8. The van der Waals surface area contributed by atoms with Crippen LogP contribution >= 0.6 is 0 Å². The highest BCUT2D eigenvalue weighted by Crippen LogP contribution is 2.32. The number of hydrogen-bond acceptors (Lipinski definition) is 4. The molecule has 1 amide bonds. The molecule has 2 aromatic rings. The lowest BCUT2D eigenvalue weighted by Gasteiger charge is -2.23. The van der Waals surface area contributed by atoms with Crippen molar-refractivity contribution in [1.82, 2.24) is 5.32 Å². The molecule has 0 saturated heterocycles. The second-order valence-corrected chi connectivity index (χ2v) is 5.59. The monoisotopic (exact) mass is 326 g/mol. The zero-order valence-corrected chi connectivity index (χ0v) is 13.8. The first-order valence-electron chi connectivity index (χ1n) is 8.26. The molecule has 0 atom stereocenters. The maximum atomic E-state index is 12.2. The van der Waals surface area contributed by atoms with Crippen LogP contribution in [0.4, 0.5) is 5.69 Å². The number of rotatable bonds is 7. The van der Waals surface area contributed by atoms with Crippen LogP contribution < -0.4 is 19.7 Å². The number of fused-ring (bicyclic) bond motifs is 1. The molecule has 0 fully saturated rings. The number of nitrogens with one attached hydrogen (secondary N) is 1. The number of benzene rings is 2. The second kappa shape index (κ2) is 7.73. The van der Waals surface area contributed by atoms with Crippen molar-refractivity contribution >= 4 is 11.6 Å². The summed E-state index contributed by atoms with van der Waals surface area (Å²) >= 11 is 0. The van der Waals surface area contributed by atoms with Crippen LogP contribution in [0.1, 0.15) is 23.7 Å². The van der Waals surface area contributed by atoms with Crippen LogP contribution in [0.5, 0.6) is 11.5 Å². The van der Waals surface area contributed by atoms with Gasteiger partial charge in [-0.2, -0.15) is 0 Å². The molecule has 0 bridgehead atoms. The molecule has 1 aliphatic rings. The molecule has 5 heteroatoms. The molecule has 0 saturated carbocycles. The van der Waals surface area contributed by atoms with Crippen LogP contribution in [0, 0.1) is 0 Å². The molecule has 2 aromatic carbocycles. The van der Waals surface area contributed by atoms with Gasteiger partial charge in [-0.3, -0.25) is 4.79 Å². The molecule has 5 nitrogen and oxygen atoms in total. The Morgan fingerprint density at radius 2 is 1.92 bits per heavy atom. The van der Waals surface area contributed by atoms with Gasteiger partial charge in [0.25, 0.3) is 5.91 Å². The van der Waals surface area contributed by atoms with E-state index in [-0.39, 0.29) is 12.7 Å². The van der Waals surface area contributed by atoms with E-state index >= 15 is 0 Å². The SMILES string of the molecule is CCN(CCCNC(=O)c1ccc2c(c1)OCO2)c1ccccc1. The Morgan fingerprint density at radius 1 is 1.12 bits per heavy atom. The van der Waals surface area contributed by atoms with E-state index in [0.29, 0.717) is 23.6 Å². The van der Waals surface area contributed by atoms with E-state index in [2.05, 4.69) is 29.3 Å². The molecule has 126 valence electrons. The van der Waals surface area contributed by atoms with Crippen LogP contribution in [-0.4, -0.2) is 32.3 Å². The Labute approximate surface area is 142 Å². The number of ether oxygens (including phenoxy) is 2. The number of para-hydroxylation sites is 1. The molecule has 1 aliphatic heterocycles. The Morgan fingerprint density at radius 3 is 2.71 bits per heavy atom. The summed E-state index contributed by atoms with van der Waals surface area (Å²) in [5, 5.41) is 2.96. The summed E-state index contributed by atoms with van der Waals surface area (Å²) in [6.45, 7) is 4.84. The van der Waals surface area contributed by atoms with Gasteiger partial charge in [-0.25, -0.2) is 0 Å². The Hall–Kier alpha value is -2.69. The highest BCUT2D eigenvalue weighted by Gasteiger charge is 2.16. The second-order valence-electron chi connectivity index (χ2n) is 5.59. The van der Waals surface area contributed by atoms with Crippen molar-refractivity contribution in [3.05, 3.63) is 54.1 Å². The summed E-state index contributed by atoms with van der Waals surface area (Å²) in [5.74, 6) is 1.23. The first-order valence-corrected chi connectivity index (χ1v) is 8.26. The predicted molar refractivity (Wildman–Crippen MR) is 93.8 cm³/mol. The quantitative estimate of drug-likeness (QED) is 0.795. The fourth-order valence-corrected chi connectivity index (χ4v) is 2.72. The summed E-state index contributed by atoms with van der Waals surface area (Å²) in [6, 6.07) is 15.6. The summed E-state index contributed by atoms with van der Waals surface area (Å²) in [4.78, 5) is 14.5. The third-order valence-corrected chi connectivity index (χ3v) is 4.03. The minimum atomic E-state index is -0.0870. The van der Waals surface area contributed by atoms with Gasteiger partial charge in [0.2, 0.25) is 6.79 Å². The molecule has 24 heavy (non-hydrogen) atoms. The summed E-state index contributed by atoms with van der Waals surface area (Å²) < 4.78 is 10.6. The topological polar surface area (TPSA) is 50.8 Å². The van der Waals surface area contributed by atoms with Gasteiger partial charge in [0, 0.05) is 30.9 Å². The van der Waals surface area contributed by atoms with Crippen molar-refractivity contribution < 1.29 is 14.3 Å². The average molecular weight is 326 g/mol. The van der Waals surface area contributed by atoms with Gasteiger partial charge in [0.15, 0.2) is 11.5 Å². The molecule has 0 aliphatic carbocycles. The zero-order chi connectivity index (χ0) is 16.8. The first kappa shape index (κ1) is 16.2. The highest BCUT2D eigenvalue weighted by atomic mass is 16.7. The molecule has 0 radical (unpaired) electrons. The van der Waals surface area contributed by atoms with Crippen LogP contribution in [0.3, 0.4) is 0 Å². The van der Waals surface area contributed by atoms with Crippen molar-refractivity contribution in [3.8, 4) is 11.5 Å². The maximum absolute atomic E-state index is 12.2. The van der Waals surface area contributed by atoms with E-state index in [9.17, 15) is 4.79 Å². The molecular formula is C19H22N2O3. The van der Waals surface area contributed by atoms with E-state index in [0.717, 1.165) is 19.5 Å². The smallest absolute Gasteiger partial charge is 0.251 e. The van der Waals surface area contributed by atoms with E-state index in [1.165, 1.54) is 5.69 Å². The highest BCUT2D eigenvalue weighted by molar-refractivity contribution is 5.94. The van der Waals surface area contributed by atoms with Gasteiger partial charge >= 0.3 is 0 Å². The molecule has 0 spiro atoms. The third-order valence-electron chi connectivity index (χ3n) is 4.03. The lowest BCUT2D eigenvalue weighted by molar-refractivity contribution is 0.0953. The predicted octanol–water partition coefficient (Wildman–Crippen LogP) is 3.06. The zero-order valence-electron chi connectivity index (χ0n) is 13.8. The van der Waals surface area contributed by atoms with Crippen molar-refractivity contribution in [3.63, 3.8) is 0 Å². The van der Waals surface area contributed by atoms with Gasteiger partial charge in [0.05, 0.1) is 0 Å². The number of carbonyl (C=O) groups is 1. The van der Waals surface area contributed by atoms with Crippen LogP contribution in [-0.2, 0) is 0 Å². The third kappa shape index (κ3) is 3.79. The van der Waals surface area contributed by atoms with Gasteiger partial charge in [-0.15, -0.1) is 0 Å². The normalized spacial score (nSPS) is 12.0. The number of hydrogen-bond donors (Lipinski definition) is 1. The van der Waals surface area contributed by atoms with Gasteiger partial charge in [-0.1, -0.05) is 18.2 Å². The molecule has 1 heterocycles. The van der Waals surface area contributed by atoms with Crippen LogP contribution in [0.2, 0.25) is 0 Å². The van der Waals surface area contributed by atoms with Gasteiger partial charge in [-0.05, 0) is 43.7 Å². The van der Waals surface area contributed by atoms with Crippen LogP contribution in [0.15, 0.2) is 48.5 Å². The van der Waals surface area contributed by atoms with Crippen molar-refractivity contribution in [2.24, 2.45) is 0 Å². The van der Waals surface area contributed by atoms with E-state index < -0.39 is 0 Å². The number of anilines is 1. The fourth-order valence-electron chi connectivity index (χ4n) is 2.72. The van der Waals surface area contributed by atoms with Gasteiger partial charge < -0.3 is 19.7 Å². The lowest BCUT2D eigenvalue weighted by atomic mass is 10.2. The summed E-state index contributed by atoms with van der Waals surface area (Å²) in [7, 11) is 0. The molecule has 0 aromatic heterocycles. The van der Waals surface area contributed by atoms with Gasteiger partial charge in [0.1, 0.15) is 0 Å². The average Bonchev–Trinajstić information content (AvgIpc) is 3.10. The van der Waals surface area contributed by atoms with Crippen molar-refractivity contribution in [2.45, 2.75) is 13.3 Å². The maximum Gasteiger partial charge on any atom is 0.251 e. The molecule has 1 N–H and O–H groups in total. The number of nitrogens with zero attached hydrogens (tertiary/aromatic N) is 1. The summed E-state index contributed by atoms with van der Waals surface area (Å²) in [5.41, 5.74) is 1.80. The molecular weight excluding hydrogens is 304 g/mol. The fraction of sp³-hybridized carbons (Fsp3) is 0.316. The van der Waals surface area contributed by atoms with E-state index in [4.69, 9.17) is 9.47 Å². The largest absolute Gasteiger partial charge is 0.454 e. The van der Waals surface area contributed by atoms with Crippen LogP contribution in [0.25, 0.3) is 0 Å². The number of amides is 1. The number of carbonyl (C=O) groups excluding carboxylic acids is 1. The molecule has 3 rings (SSSR count). The minimum absolute atomic E-state index is 0.0870. The van der Waals surface area contributed by atoms with Crippen molar-refractivity contribution in [1.29, 1.82) is 0 Å². The Balaban J connectivity index is 1.47. The Bertz CT molecular complexity index is 688. The Kier molecular flexibility index (Phi) is 5.21. The lowest BCUT2D eigenvalue weighted by Crippen LogP contribution is -2.29. The van der Waals surface area contributed by atoms with Crippen molar-refractivity contribution in [2.75, 3.05) is 31.3 Å². The van der Waals surface area contributed by atoms with E-state index in [1.54, 1.807) is 18.2 Å². The summed E-state index contributed by atoms with van der Waals surface area (Å²) in [6.07, 6.45) is 0.888.